The maximum atomic E-state index is 6.03. The van der Waals surface area contributed by atoms with Crippen LogP contribution < -0.4 is 16.0 Å². The lowest BCUT2D eigenvalue weighted by atomic mass is 10.1. The van der Waals surface area contributed by atoms with E-state index in [9.17, 15) is 0 Å². The molecule has 0 bridgehead atoms. The molecule has 4 rings (SSSR count). The van der Waals surface area contributed by atoms with E-state index in [1.165, 1.54) is 12.8 Å². The second-order valence-electron chi connectivity index (χ2n) is 6.79. The lowest BCUT2D eigenvalue weighted by Gasteiger charge is -2.25. The zero-order valence-corrected chi connectivity index (χ0v) is 16.7. The molecule has 1 saturated heterocycles. The first-order valence-corrected chi connectivity index (χ1v) is 10.5. The van der Waals surface area contributed by atoms with E-state index in [0.717, 1.165) is 45.8 Å². The molecule has 0 radical (unpaired) electrons. The Hall–Kier alpha value is -2.48. The van der Waals surface area contributed by atoms with Crippen LogP contribution in [0, 0.1) is 0 Å². The van der Waals surface area contributed by atoms with Crippen molar-refractivity contribution in [2.75, 3.05) is 35.8 Å². The zero-order chi connectivity index (χ0) is 19.0. The number of aromatic amines is 1. The lowest BCUT2D eigenvalue weighted by Crippen LogP contribution is -2.29. The van der Waals surface area contributed by atoms with Gasteiger partial charge in [0.25, 0.3) is 0 Å². The Kier molecular flexibility index (Phi) is 4.82. The van der Waals surface area contributed by atoms with Crippen molar-refractivity contribution in [3.63, 3.8) is 0 Å². The first kappa shape index (κ1) is 17.9. The van der Waals surface area contributed by atoms with Crippen molar-refractivity contribution in [1.82, 2.24) is 20.2 Å². The van der Waals surface area contributed by atoms with Crippen LogP contribution in [0.15, 0.2) is 23.1 Å². The summed E-state index contributed by atoms with van der Waals surface area (Å²) in [5.74, 6) is 2.16. The maximum absolute atomic E-state index is 6.03. The summed E-state index contributed by atoms with van der Waals surface area (Å²) in [5, 5.41) is 11.3. The number of nitrogens with one attached hydrogen (secondary N) is 2. The van der Waals surface area contributed by atoms with Gasteiger partial charge in [-0.05, 0) is 37.7 Å². The highest BCUT2D eigenvalue weighted by atomic mass is 32.2. The quantitative estimate of drug-likeness (QED) is 0.578. The standard InChI is InChI=1S/C19H25N7S/c1-4-12-6-5-7-26(12)16-10-13(22-19(21-2)23-16)11-8-14-17(15(9-11)27-3)18(20)25-24-14/h8-10,12H,4-7H2,1-3H3,(H3,20,24,25)(H,21,22,23)/t12-/m1/s1. The zero-order valence-electron chi connectivity index (χ0n) is 15.9. The average molecular weight is 384 g/mol. The van der Waals surface area contributed by atoms with Gasteiger partial charge < -0.3 is 16.0 Å². The summed E-state index contributed by atoms with van der Waals surface area (Å²) in [7, 11) is 1.86. The molecule has 0 aliphatic carbocycles. The fraction of sp³-hybridized carbons (Fsp3) is 0.421. The van der Waals surface area contributed by atoms with Crippen LogP contribution in [-0.4, -0.2) is 46.1 Å². The number of anilines is 3. The molecular weight excluding hydrogens is 358 g/mol. The highest BCUT2D eigenvalue weighted by molar-refractivity contribution is 7.98. The van der Waals surface area contributed by atoms with Gasteiger partial charge in [-0.25, -0.2) is 4.98 Å². The normalized spacial score (nSPS) is 17.0. The van der Waals surface area contributed by atoms with Gasteiger partial charge in [0.05, 0.1) is 16.6 Å². The molecule has 1 fully saturated rings. The van der Waals surface area contributed by atoms with Crippen molar-refractivity contribution in [3.8, 4) is 11.3 Å². The highest BCUT2D eigenvalue weighted by Gasteiger charge is 2.25. The van der Waals surface area contributed by atoms with Gasteiger partial charge in [-0.1, -0.05) is 6.92 Å². The number of hydrogen-bond donors (Lipinski definition) is 3. The Morgan fingerprint density at radius 2 is 2.19 bits per heavy atom. The molecule has 0 unspecified atom stereocenters. The molecule has 3 heterocycles. The van der Waals surface area contributed by atoms with Crippen LogP contribution in [0.5, 0.6) is 0 Å². The van der Waals surface area contributed by atoms with Crippen LogP contribution in [0.3, 0.4) is 0 Å². The van der Waals surface area contributed by atoms with E-state index in [0.29, 0.717) is 17.8 Å². The maximum Gasteiger partial charge on any atom is 0.224 e. The summed E-state index contributed by atoms with van der Waals surface area (Å²) in [4.78, 5) is 12.9. The van der Waals surface area contributed by atoms with Gasteiger partial charge in [-0.2, -0.15) is 10.1 Å². The summed E-state index contributed by atoms with van der Waals surface area (Å²) in [6.07, 6.45) is 5.61. The fourth-order valence-corrected chi connectivity index (χ4v) is 4.52. The minimum atomic E-state index is 0.531. The third kappa shape index (κ3) is 3.18. The molecule has 27 heavy (non-hydrogen) atoms. The molecule has 8 heteroatoms. The van der Waals surface area contributed by atoms with Crippen LogP contribution in [-0.2, 0) is 0 Å². The largest absolute Gasteiger partial charge is 0.382 e. The number of rotatable bonds is 5. The highest BCUT2D eigenvalue weighted by Crippen LogP contribution is 2.35. The number of H-pyrrole nitrogens is 1. The van der Waals surface area contributed by atoms with Crippen molar-refractivity contribution in [3.05, 3.63) is 18.2 Å². The number of nitrogens with zero attached hydrogens (tertiary/aromatic N) is 4. The molecule has 0 amide bonds. The number of hydrogen-bond acceptors (Lipinski definition) is 7. The molecule has 0 saturated carbocycles. The number of thioether (sulfide) groups is 1. The van der Waals surface area contributed by atoms with E-state index in [2.05, 4.69) is 45.5 Å². The van der Waals surface area contributed by atoms with Gasteiger partial charge in [0.1, 0.15) is 5.82 Å². The van der Waals surface area contributed by atoms with Crippen molar-refractivity contribution < 1.29 is 0 Å². The number of fused-ring (bicyclic) bond motifs is 1. The molecule has 1 atom stereocenters. The Morgan fingerprint density at radius 3 is 2.93 bits per heavy atom. The van der Waals surface area contributed by atoms with Crippen LogP contribution in [0.2, 0.25) is 0 Å². The SMILES string of the molecule is CC[C@@H]1CCCN1c1cc(-c2cc(SC)c3c(N)n[nH]c3c2)nc(NC)n1. The summed E-state index contributed by atoms with van der Waals surface area (Å²) in [5.41, 5.74) is 8.88. The van der Waals surface area contributed by atoms with Crippen LogP contribution in [0.4, 0.5) is 17.6 Å². The first-order chi connectivity index (χ1) is 13.1. The van der Waals surface area contributed by atoms with Gasteiger partial charge in [0, 0.05) is 36.2 Å². The summed E-state index contributed by atoms with van der Waals surface area (Å²) in [6, 6.07) is 6.84. The van der Waals surface area contributed by atoms with E-state index in [1.807, 2.05) is 13.3 Å². The number of aromatic nitrogens is 4. The van der Waals surface area contributed by atoms with Crippen molar-refractivity contribution in [2.24, 2.45) is 0 Å². The predicted octanol–water partition coefficient (Wildman–Crippen LogP) is 3.74. The predicted molar refractivity (Wildman–Crippen MR) is 114 cm³/mol. The van der Waals surface area contributed by atoms with Crippen molar-refractivity contribution in [2.45, 2.75) is 37.1 Å². The minimum Gasteiger partial charge on any atom is -0.382 e. The Balaban J connectivity index is 1.84. The monoisotopic (exact) mass is 383 g/mol. The number of nitrogen functional groups attached to an aromatic ring is 1. The van der Waals surface area contributed by atoms with E-state index >= 15 is 0 Å². The third-order valence-electron chi connectivity index (χ3n) is 5.25. The number of benzene rings is 1. The summed E-state index contributed by atoms with van der Waals surface area (Å²) in [6.45, 7) is 3.29. The minimum absolute atomic E-state index is 0.531. The molecule has 1 aliphatic rings. The van der Waals surface area contributed by atoms with Crippen molar-refractivity contribution >= 4 is 40.2 Å². The second kappa shape index (κ2) is 7.26. The smallest absolute Gasteiger partial charge is 0.224 e. The number of nitrogens with two attached hydrogens (primary N) is 1. The van der Waals surface area contributed by atoms with Gasteiger partial charge in [0.2, 0.25) is 5.95 Å². The summed E-state index contributed by atoms with van der Waals surface area (Å²) < 4.78 is 0. The third-order valence-corrected chi connectivity index (χ3v) is 6.01. The molecule has 142 valence electrons. The van der Waals surface area contributed by atoms with Gasteiger partial charge in [-0.3, -0.25) is 5.10 Å². The van der Waals surface area contributed by atoms with Crippen LogP contribution in [0.25, 0.3) is 22.2 Å². The van der Waals surface area contributed by atoms with Crippen LogP contribution >= 0.6 is 11.8 Å². The van der Waals surface area contributed by atoms with Gasteiger partial charge >= 0.3 is 0 Å². The Bertz CT molecular complexity index is 968. The van der Waals surface area contributed by atoms with Gasteiger partial charge in [0.15, 0.2) is 5.82 Å². The van der Waals surface area contributed by atoms with Gasteiger partial charge in [-0.15, -0.1) is 11.8 Å². The molecular formula is C19H25N7S. The Morgan fingerprint density at radius 1 is 1.33 bits per heavy atom. The fourth-order valence-electron chi connectivity index (χ4n) is 3.86. The molecule has 2 aromatic heterocycles. The topological polar surface area (TPSA) is 95.8 Å². The molecule has 3 aromatic rings. The summed E-state index contributed by atoms with van der Waals surface area (Å²) >= 11 is 1.66. The van der Waals surface area contributed by atoms with Crippen LogP contribution in [0.1, 0.15) is 26.2 Å². The second-order valence-corrected chi connectivity index (χ2v) is 7.64. The van der Waals surface area contributed by atoms with E-state index in [-0.39, 0.29) is 0 Å². The lowest BCUT2D eigenvalue weighted by molar-refractivity contribution is 0.640. The van der Waals surface area contributed by atoms with E-state index in [4.69, 9.17) is 15.7 Å². The van der Waals surface area contributed by atoms with E-state index < -0.39 is 0 Å². The molecule has 1 aliphatic heterocycles. The average Bonchev–Trinajstić information content (AvgIpc) is 3.33. The molecule has 7 nitrogen and oxygen atoms in total. The molecule has 1 aromatic carbocycles. The van der Waals surface area contributed by atoms with Crippen molar-refractivity contribution in [1.29, 1.82) is 0 Å². The molecule has 4 N–H and O–H groups in total. The van der Waals surface area contributed by atoms with E-state index in [1.54, 1.807) is 11.8 Å². The first-order valence-electron chi connectivity index (χ1n) is 9.30. The molecule has 0 spiro atoms. The Labute approximate surface area is 163 Å².